The highest BCUT2D eigenvalue weighted by atomic mass is 16.3. The van der Waals surface area contributed by atoms with Crippen molar-refractivity contribution in [3.05, 3.63) is 71.8 Å². The molecule has 0 aromatic heterocycles. The van der Waals surface area contributed by atoms with Crippen LogP contribution in [0.5, 0.6) is 5.75 Å². The van der Waals surface area contributed by atoms with Gasteiger partial charge in [0.15, 0.2) is 11.7 Å². The first kappa shape index (κ1) is 31.8. The molecule has 0 bridgehead atoms. The molecule has 3 rings (SSSR count). The van der Waals surface area contributed by atoms with Gasteiger partial charge in [0.05, 0.1) is 18.6 Å². The Bertz CT molecular complexity index is 1270. The number of hydrogen-bond acceptors (Lipinski definition) is 7. The summed E-state index contributed by atoms with van der Waals surface area (Å²) in [6.45, 7) is 0.626. The molecule has 1 saturated heterocycles. The van der Waals surface area contributed by atoms with Gasteiger partial charge in [0.25, 0.3) is 0 Å². The van der Waals surface area contributed by atoms with Gasteiger partial charge < -0.3 is 37.8 Å². The quantitative estimate of drug-likeness (QED) is 0.0669. The number of rotatable bonds is 15. The summed E-state index contributed by atoms with van der Waals surface area (Å²) >= 11 is 0. The van der Waals surface area contributed by atoms with E-state index in [1.165, 1.54) is 18.2 Å². The summed E-state index contributed by atoms with van der Waals surface area (Å²) in [4.78, 5) is 55.8. The van der Waals surface area contributed by atoms with Crippen molar-refractivity contribution >= 4 is 35.5 Å². The molecule has 1 heterocycles. The summed E-state index contributed by atoms with van der Waals surface area (Å²) in [5.74, 6) is -1.84. The fourth-order valence-electron chi connectivity index (χ4n) is 4.48. The number of carbonyl (C=O) groups excluding carboxylic acids is 4. The van der Waals surface area contributed by atoms with Crippen molar-refractivity contribution in [2.45, 2.75) is 50.2 Å². The SMILES string of the molecule is NC(N)=NCCC[C@H](NC(=O)[C@H](Cc1ccccc1)NC(=O)[C@@H]1CCCN1)C(=O)CNC(=O)/C=C\c1ccccc1O. The minimum absolute atomic E-state index is 0.0158. The number of phenols is 1. The maximum atomic E-state index is 13.5. The van der Waals surface area contributed by atoms with Gasteiger partial charge in [-0.1, -0.05) is 48.5 Å². The number of guanidine groups is 1. The second-order valence-electron chi connectivity index (χ2n) is 9.99. The zero-order chi connectivity index (χ0) is 30.3. The van der Waals surface area contributed by atoms with Gasteiger partial charge in [0.1, 0.15) is 11.8 Å². The van der Waals surface area contributed by atoms with Crippen molar-refractivity contribution in [2.75, 3.05) is 19.6 Å². The molecule has 12 nitrogen and oxygen atoms in total. The fraction of sp³-hybridized carbons (Fsp3) is 0.367. The van der Waals surface area contributed by atoms with Gasteiger partial charge in [-0.05, 0) is 49.9 Å². The van der Waals surface area contributed by atoms with Crippen LogP contribution < -0.4 is 32.7 Å². The second-order valence-corrected chi connectivity index (χ2v) is 9.99. The molecule has 0 radical (unpaired) electrons. The lowest BCUT2D eigenvalue weighted by Crippen LogP contribution is -2.55. The van der Waals surface area contributed by atoms with E-state index in [1.54, 1.807) is 18.2 Å². The monoisotopic (exact) mass is 577 g/mol. The van der Waals surface area contributed by atoms with E-state index in [1.807, 2.05) is 30.3 Å². The predicted molar refractivity (Wildman–Crippen MR) is 160 cm³/mol. The summed E-state index contributed by atoms with van der Waals surface area (Å²) < 4.78 is 0. The van der Waals surface area contributed by atoms with Gasteiger partial charge in [-0.2, -0.15) is 0 Å². The van der Waals surface area contributed by atoms with Gasteiger partial charge in [0, 0.05) is 24.6 Å². The molecule has 1 aliphatic heterocycles. The molecule has 0 spiro atoms. The molecule has 0 unspecified atom stereocenters. The van der Waals surface area contributed by atoms with Gasteiger partial charge in [0.2, 0.25) is 17.7 Å². The van der Waals surface area contributed by atoms with Crippen LogP contribution in [-0.2, 0) is 25.6 Å². The van der Waals surface area contributed by atoms with E-state index in [0.717, 1.165) is 18.5 Å². The Morgan fingerprint density at radius 3 is 2.45 bits per heavy atom. The molecule has 0 aliphatic carbocycles. The Morgan fingerprint density at radius 1 is 1.02 bits per heavy atom. The fourth-order valence-corrected chi connectivity index (χ4v) is 4.48. The third-order valence-electron chi connectivity index (χ3n) is 6.73. The van der Waals surface area contributed by atoms with Gasteiger partial charge in [-0.25, -0.2) is 0 Å². The van der Waals surface area contributed by atoms with E-state index < -0.39 is 29.7 Å². The molecule has 0 saturated carbocycles. The number of amides is 3. The van der Waals surface area contributed by atoms with Crippen LogP contribution in [-0.4, -0.2) is 72.3 Å². The summed E-state index contributed by atoms with van der Waals surface area (Å²) in [6.07, 6.45) is 5.01. The highest BCUT2D eigenvalue weighted by Crippen LogP contribution is 2.16. The first-order valence-electron chi connectivity index (χ1n) is 13.9. The number of phenolic OH excluding ortho intramolecular Hbond substituents is 1. The smallest absolute Gasteiger partial charge is 0.244 e. The number of para-hydroxylation sites is 1. The van der Waals surface area contributed by atoms with Crippen molar-refractivity contribution in [2.24, 2.45) is 16.5 Å². The highest BCUT2D eigenvalue weighted by molar-refractivity contribution is 5.98. The molecular formula is C30H39N7O5. The maximum absolute atomic E-state index is 13.5. The highest BCUT2D eigenvalue weighted by Gasteiger charge is 2.30. The number of nitrogens with zero attached hydrogens (tertiary/aromatic N) is 1. The number of benzene rings is 2. The normalized spacial score (nSPS) is 15.9. The van der Waals surface area contributed by atoms with E-state index in [0.29, 0.717) is 18.4 Å². The summed E-state index contributed by atoms with van der Waals surface area (Å²) in [5, 5.41) is 21.1. The number of carbonyl (C=O) groups is 4. The van der Waals surface area contributed by atoms with Crippen LogP contribution in [0.1, 0.15) is 36.8 Å². The first-order valence-corrected chi connectivity index (χ1v) is 13.9. The second kappa shape index (κ2) is 16.5. The summed E-state index contributed by atoms with van der Waals surface area (Å²) in [7, 11) is 0. The molecule has 1 fully saturated rings. The van der Waals surface area contributed by atoms with E-state index >= 15 is 0 Å². The molecule has 9 N–H and O–H groups in total. The molecule has 42 heavy (non-hydrogen) atoms. The average molecular weight is 578 g/mol. The molecular weight excluding hydrogens is 538 g/mol. The van der Waals surface area contributed by atoms with Crippen LogP contribution >= 0.6 is 0 Å². The maximum Gasteiger partial charge on any atom is 0.244 e. The Labute approximate surface area is 245 Å². The van der Waals surface area contributed by atoms with E-state index in [-0.39, 0.29) is 49.6 Å². The van der Waals surface area contributed by atoms with Crippen LogP contribution in [0, 0.1) is 0 Å². The van der Waals surface area contributed by atoms with E-state index in [9.17, 15) is 24.3 Å². The number of aromatic hydroxyl groups is 1. The summed E-state index contributed by atoms with van der Waals surface area (Å²) in [6, 6.07) is 13.5. The van der Waals surface area contributed by atoms with Crippen molar-refractivity contribution < 1.29 is 24.3 Å². The Kier molecular flexibility index (Phi) is 12.5. The van der Waals surface area contributed by atoms with Gasteiger partial charge in [-0.3, -0.25) is 24.2 Å². The van der Waals surface area contributed by atoms with Crippen molar-refractivity contribution in [3.63, 3.8) is 0 Å². The number of nitrogens with one attached hydrogen (secondary N) is 4. The summed E-state index contributed by atoms with van der Waals surface area (Å²) in [5.41, 5.74) is 12.1. The average Bonchev–Trinajstić information content (AvgIpc) is 3.52. The lowest BCUT2D eigenvalue weighted by atomic mass is 10.0. The number of hydrogen-bond donors (Lipinski definition) is 7. The van der Waals surface area contributed by atoms with Crippen molar-refractivity contribution in [1.82, 2.24) is 21.3 Å². The molecule has 3 amide bonds. The van der Waals surface area contributed by atoms with Crippen molar-refractivity contribution in [3.8, 4) is 5.75 Å². The largest absolute Gasteiger partial charge is 0.507 e. The number of Topliss-reactive ketones (excluding diaryl/α,β-unsaturated/α-hetero) is 1. The standard InChI is InChI=1S/C30H39N7O5/c31-30(32)34-17-6-11-22(26(39)19-35-27(40)15-14-21-10-4-5-13-25(21)38)36-29(42)24(18-20-8-2-1-3-9-20)37-28(41)23-12-7-16-33-23/h1-5,8-10,13-15,22-24,33,38H,6-7,11-12,16-19H2,(H,35,40)(H,36,42)(H,37,41)(H4,31,32,34)/b15-14-/t22-,23-,24-/m0/s1. The Morgan fingerprint density at radius 2 is 1.76 bits per heavy atom. The molecule has 224 valence electrons. The van der Waals surface area contributed by atoms with E-state index in [2.05, 4.69) is 26.3 Å². The Balaban J connectivity index is 1.68. The molecule has 2 aromatic carbocycles. The molecule has 1 aliphatic rings. The topological polar surface area (TPSA) is 201 Å². The Hall–Kier alpha value is -4.71. The third kappa shape index (κ3) is 10.7. The zero-order valence-corrected chi connectivity index (χ0v) is 23.4. The third-order valence-corrected chi connectivity index (χ3v) is 6.73. The minimum Gasteiger partial charge on any atom is -0.507 e. The predicted octanol–water partition coefficient (Wildman–Crippen LogP) is 0.109. The molecule has 3 atom stereocenters. The van der Waals surface area contributed by atoms with Crippen LogP contribution in [0.3, 0.4) is 0 Å². The van der Waals surface area contributed by atoms with Crippen LogP contribution in [0.25, 0.3) is 6.08 Å². The van der Waals surface area contributed by atoms with Crippen molar-refractivity contribution in [1.29, 1.82) is 0 Å². The van der Waals surface area contributed by atoms with Crippen LogP contribution in [0.2, 0.25) is 0 Å². The first-order chi connectivity index (χ1) is 20.2. The molecule has 12 heteroatoms. The van der Waals surface area contributed by atoms with Crippen LogP contribution in [0.15, 0.2) is 65.7 Å². The van der Waals surface area contributed by atoms with Gasteiger partial charge in [-0.15, -0.1) is 0 Å². The van der Waals surface area contributed by atoms with Crippen LogP contribution in [0.4, 0.5) is 0 Å². The number of nitrogens with two attached hydrogens (primary N) is 2. The number of ketones is 1. The van der Waals surface area contributed by atoms with E-state index in [4.69, 9.17) is 11.5 Å². The number of aliphatic imine (C=N–C) groups is 1. The lowest BCUT2D eigenvalue weighted by molar-refractivity contribution is -0.132. The molecule has 2 aromatic rings. The van der Waals surface area contributed by atoms with Gasteiger partial charge >= 0.3 is 0 Å². The lowest BCUT2D eigenvalue weighted by Gasteiger charge is -2.24. The minimum atomic E-state index is -0.964. The zero-order valence-electron chi connectivity index (χ0n) is 23.4.